The van der Waals surface area contributed by atoms with Crippen LogP contribution in [-0.2, 0) is 6.54 Å². The van der Waals surface area contributed by atoms with E-state index in [1.165, 1.54) is 11.8 Å². The largest absolute Gasteiger partial charge is 0.348 e. The number of carbonyl (C=O) groups is 1. The van der Waals surface area contributed by atoms with Gasteiger partial charge in [-0.1, -0.05) is 18.2 Å². The molecule has 6 nitrogen and oxygen atoms in total. The Kier molecular flexibility index (Phi) is 7.44. The number of amides is 1. The summed E-state index contributed by atoms with van der Waals surface area (Å²) in [6.45, 7) is 6.18. The van der Waals surface area contributed by atoms with Gasteiger partial charge in [0.2, 0.25) is 0 Å². The Morgan fingerprint density at radius 2 is 1.89 bits per heavy atom. The third kappa shape index (κ3) is 5.15. The van der Waals surface area contributed by atoms with Crippen LogP contribution < -0.4 is 16.2 Å². The number of fused-ring (bicyclic) bond motifs is 1. The van der Waals surface area contributed by atoms with Gasteiger partial charge in [0, 0.05) is 57.8 Å². The standard InChI is InChI=1S/C29H36F2N4O2S/c1-16-13-24(38-4)22(27(36)33-16)15-32-28(37)26-18(3)35(23-8-6-5-7-21(23)26)17(2)19-9-11-20(12-10-19)34-25-14-29(25,30)31/h5-8,13,17,19-20,25,34H,9-12,14-15H2,1-4H3,(H,32,37)(H,33,36)/t17-,19?,20?,25?/m1/s1. The van der Waals surface area contributed by atoms with E-state index in [2.05, 4.69) is 33.2 Å². The summed E-state index contributed by atoms with van der Waals surface area (Å²) in [5.41, 5.74) is 3.71. The van der Waals surface area contributed by atoms with Gasteiger partial charge in [-0.15, -0.1) is 11.8 Å². The van der Waals surface area contributed by atoms with Crippen LogP contribution in [0, 0.1) is 19.8 Å². The molecule has 38 heavy (non-hydrogen) atoms. The Morgan fingerprint density at radius 1 is 1.21 bits per heavy atom. The van der Waals surface area contributed by atoms with Crippen molar-refractivity contribution in [1.29, 1.82) is 0 Å². The molecule has 1 aromatic carbocycles. The lowest BCUT2D eigenvalue weighted by molar-refractivity contribution is 0.0949. The number of aryl methyl sites for hydroxylation is 1. The van der Waals surface area contributed by atoms with Gasteiger partial charge < -0.3 is 20.2 Å². The molecular formula is C29H36F2N4O2S. The Bertz CT molecular complexity index is 1410. The topological polar surface area (TPSA) is 78.9 Å². The molecule has 5 rings (SSSR count). The molecule has 2 aliphatic rings. The summed E-state index contributed by atoms with van der Waals surface area (Å²) < 4.78 is 29.0. The number of hydrogen-bond acceptors (Lipinski definition) is 4. The molecule has 2 aromatic heterocycles. The molecule has 1 unspecified atom stereocenters. The average molecular weight is 543 g/mol. The predicted octanol–water partition coefficient (Wildman–Crippen LogP) is 5.72. The van der Waals surface area contributed by atoms with Crippen molar-refractivity contribution in [1.82, 2.24) is 20.2 Å². The fourth-order valence-electron chi connectivity index (χ4n) is 6.15. The van der Waals surface area contributed by atoms with Crippen LogP contribution in [0.4, 0.5) is 8.78 Å². The summed E-state index contributed by atoms with van der Waals surface area (Å²) in [5.74, 6) is -2.34. The highest BCUT2D eigenvalue weighted by Crippen LogP contribution is 2.43. The Morgan fingerprint density at radius 3 is 2.55 bits per heavy atom. The number of aromatic nitrogens is 2. The molecule has 1 amide bonds. The summed E-state index contributed by atoms with van der Waals surface area (Å²) in [7, 11) is 0. The van der Waals surface area contributed by atoms with Gasteiger partial charge in [0.25, 0.3) is 17.4 Å². The van der Waals surface area contributed by atoms with E-state index >= 15 is 0 Å². The summed E-state index contributed by atoms with van der Waals surface area (Å²) >= 11 is 1.49. The van der Waals surface area contributed by atoms with Crippen LogP contribution in [0.2, 0.25) is 0 Å². The zero-order chi connectivity index (χ0) is 27.2. The number of rotatable bonds is 8. The van der Waals surface area contributed by atoms with Crippen LogP contribution in [0.5, 0.6) is 0 Å². The first-order valence-electron chi connectivity index (χ1n) is 13.4. The first-order chi connectivity index (χ1) is 18.1. The minimum Gasteiger partial charge on any atom is -0.348 e. The minimum absolute atomic E-state index is 0.0420. The monoisotopic (exact) mass is 542 g/mol. The highest BCUT2D eigenvalue weighted by Gasteiger charge is 2.57. The van der Waals surface area contributed by atoms with Crippen LogP contribution in [0.15, 0.2) is 40.0 Å². The quantitative estimate of drug-likeness (QED) is 0.319. The van der Waals surface area contributed by atoms with Crippen LogP contribution in [-0.4, -0.2) is 39.7 Å². The van der Waals surface area contributed by atoms with Crippen molar-refractivity contribution in [2.45, 2.75) is 88.4 Å². The Labute approximate surface area is 226 Å². The lowest BCUT2D eigenvalue weighted by atomic mass is 9.81. The Hall–Kier alpha value is -2.65. The van der Waals surface area contributed by atoms with Crippen molar-refractivity contribution >= 4 is 28.6 Å². The lowest BCUT2D eigenvalue weighted by Gasteiger charge is -2.34. The van der Waals surface area contributed by atoms with Gasteiger partial charge in [-0.25, -0.2) is 8.78 Å². The Balaban J connectivity index is 1.34. The number of nitrogens with one attached hydrogen (secondary N) is 3. The SMILES string of the molecule is CSc1cc(C)[nH]c(=O)c1CNC(=O)c1c(C)n([C@H](C)C2CCC(NC3CC3(F)F)CC2)c2ccccc12. The first-order valence-corrected chi connectivity index (χ1v) is 14.6. The molecule has 0 aliphatic heterocycles. The van der Waals surface area contributed by atoms with Crippen molar-refractivity contribution in [3.05, 3.63) is 63.2 Å². The second kappa shape index (κ2) is 10.5. The zero-order valence-electron chi connectivity index (χ0n) is 22.4. The predicted molar refractivity (Wildman–Crippen MR) is 148 cm³/mol. The van der Waals surface area contributed by atoms with Crippen molar-refractivity contribution < 1.29 is 13.6 Å². The van der Waals surface area contributed by atoms with E-state index in [9.17, 15) is 18.4 Å². The van der Waals surface area contributed by atoms with E-state index in [-0.39, 0.29) is 36.5 Å². The van der Waals surface area contributed by atoms with Crippen molar-refractivity contribution in [2.75, 3.05) is 6.26 Å². The number of para-hydroxylation sites is 1. The maximum atomic E-state index is 13.5. The smallest absolute Gasteiger partial charge is 0.265 e. The average Bonchev–Trinajstić information content (AvgIpc) is 3.36. The van der Waals surface area contributed by atoms with Gasteiger partial charge in [0.15, 0.2) is 0 Å². The highest BCUT2D eigenvalue weighted by atomic mass is 32.2. The second-order valence-corrected chi connectivity index (χ2v) is 11.7. The summed E-state index contributed by atoms with van der Waals surface area (Å²) in [6.07, 6.45) is 5.56. The molecule has 204 valence electrons. The van der Waals surface area contributed by atoms with Gasteiger partial charge in [-0.3, -0.25) is 9.59 Å². The molecule has 2 aliphatic carbocycles. The normalized spacial score (nSPS) is 23.4. The lowest BCUT2D eigenvalue weighted by Crippen LogP contribution is -2.38. The van der Waals surface area contributed by atoms with E-state index in [0.717, 1.165) is 52.9 Å². The molecule has 0 saturated heterocycles. The fourth-order valence-corrected chi connectivity index (χ4v) is 6.86. The van der Waals surface area contributed by atoms with Crippen molar-refractivity contribution in [2.24, 2.45) is 5.92 Å². The summed E-state index contributed by atoms with van der Waals surface area (Å²) in [5, 5.41) is 7.04. The molecule has 3 aromatic rings. The van der Waals surface area contributed by atoms with E-state index in [1.54, 1.807) is 0 Å². The number of hydrogen-bond donors (Lipinski definition) is 3. The maximum Gasteiger partial charge on any atom is 0.265 e. The van der Waals surface area contributed by atoms with Crippen LogP contribution >= 0.6 is 11.8 Å². The molecule has 2 atom stereocenters. The fraction of sp³-hybridized carbons (Fsp3) is 0.517. The van der Waals surface area contributed by atoms with Gasteiger partial charge in [0.05, 0.1) is 11.6 Å². The molecule has 0 radical (unpaired) electrons. The third-order valence-electron chi connectivity index (χ3n) is 8.38. The number of halogens is 2. The third-order valence-corrected chi connectivity index (χ3v) is 9.19. The van der Waals surface area contributed by atoms with Crippen molar-refractivity contribution in [3.8, 4) is 0 Å². The van der Waals surface area contributed by atoms with Crippen molar-refractivity contribution in [3.63, 3.8) is 0 Å². The van der Waals surface area contributed by atoms with Crippen LogP contribution in [0.25, 0.3) is 10.9 Å². The molecule has 0 spiro atoms. The van der Waals surface area contributed by atoms with Gasteiger partial charge >= 0.3 is 0 Å². The van der Waals surface area contributed by atoms with Gasteiger partial charge in [-0.05, 0) is 70.8 Å². The van der Waals surface area contributed by atoms with E-state index in [1.807, 2.05) is 44.4 Å². The number of alkyl halides is 2. The number of carbonyl (C=O) groups excluding carboxylic acids is 1. The molecule has 2 saturated carbocycles. The number of pyridine rings is 1. The number of nitrogens with zero attached hydrogens (tertiary/aromatic N) is 1. The van der Waals surface area contributed by atoms with Crippen LogP contribution in [0.3, 0.4) is 0 Å². The highest BCUT2D eigenvalue weighted by molar-refractivity contribution is 7.98. The summed E-state index contributed by atoms with van der Waals surface area (Å²) in [6, 6.07) is 9.53. The zero-order valence-corrected chi connectivity index (χ0v) is 23.2. The van der Waals surface area contributed by atoms with E-state index in [0.29, 0.717) is 17.0 Å². The van der Waals surface area contributed by atoms with Crippen LogP contribution in [0.1, 0.15) is 72.4 Å². The molecule has 2 fully saturated rings. The van der Waals surface area contributed by atoms with Gasteiger partial charge in [0.1, 0.15) is 0 Å². The van der Waals surface area contributed by atoms with E-state index in [4.69, 9.17) is 0 Å². The number of H-pyrrole nitrogens is 1. The molecule has 2 heterocycles. The number of thioether (sulfide) groups is 1. The minimum atomic E-state index is -2.54. The maximum absolute atomic E-state index is 13.5. The molecule has 3 N–H and O–H groups in total. The molecular weight excluding hydrogens is 506 g/mol. The molecule has 9 heteroatoms. The number of benzene rings is 1. The molecule has 0 bridgehead atoms. The summed E-state index contributed by atoms with van der Waals surface area (Å²) in [4.78, 5) is 29.8. The van der Waals surface area contributed by atoms with Gasteiger partial charge in [-0.2, -0.15) is 0 Å². The first kappa shape index (κ1) is 26.9. The second-order valence-electron chi connectivity index (χ2n) is 10.9. The van der Waals surface area contributed by atoms with E-state index < -0.39 is 12.0 Å². The number of aromatic amines is 1.